The number of hydrogen-bond donors (Lipinski definition) is 0. The first-order valence-electron chi connectivity index (χ1n) is 19.1. The van der Waals surface area contributed by atoms with Gasteiger partial charge in [-0.25, -0.2) is 0 Å². The van der Waals surface area contributed by atoms with Crippen molar-refractivity contribution in [2.45, 2.75) is 0 Å². The molecule has 10 aromatic rings. The molecular formula is C54H37NO. The Morgan fingerprint density at radius 2 is 0.625 bits per heavy atom. The molecule has 0 amide bonds. The van der Waals surface area contributed by atoms with Crippen LogP contribution in [0.1, 0.15) is 0 Å². The van der Waals surface area contributed by atoms with E-state index in [0.29, 0.717) is 0 Å². The number of benzene rings is 9. The SMILES string of the molecule is c1ccc(-c2ccc(N(c3ccc(-c4ccc(-c5ccc6ccccc6c5)cc4)cc3)c3ccc(-c4ccc(-c5cc6ccccc6o5)cc4)cc3)cc2)cc1. The third kappa shape index (κ3) is 6.55. The Hall–Kier alpha value is -7.42. The fourth-order valence-electron chi connectivity index (χ4n) is 7.66. The quantitative estimate of drug-likeness (QED) is 0.156. The van der Waals surface area contributed by atoms with Crippen LogP contribution in [0.5, 0.6) is 0 Å². The van der Waals surface area contributed by atoms with Crippen LogP contribution in [0.15, 0.2) is 229 Å². The number of para-hydroxylation sites is 1. The first kappa shape index (κ1) is 33.2. The van der Waals surface area contributed by atoms with E-state index in [1.165, 1.54) is 44.2 Å². The Morgan fingerprint density at radius 1 is 0.250 bits per heavy atom. The van der Waals surface area contributed by atoms with Crippen molar-refractivity contribution in [1.82, 2.24) is 0 Å². The van der Waals surface area contributed by atoms with Gasteiger partial charge in [-0.05, 0) is 110 Å². The maximum absolute atomic E-state index is 6.12. The van der Waals surface area contributed by atoms with Gasteiger partial charge in [0, 0.05) is 28.0 Å². The van der Waals surface area contributed by atoms with E-state index in [4.69, 9.17) is 4.42 Å². The summed E-state index contributed by atoms with van der Waals surface area (Å²) < 4.78 is 6.12. The van der Waals surface area contributed by atoms with Gasteiger partial charge in [0.2, 0.25) is 0 Å². The van der Waals surface area contributed by atoms with Crippen molar-refractivity contribution in [3.8, 4) is 55.8 Å². The minimum absolute atomic E-state index is 0.881. The molecule has 0 saturated carbocycles. The molecule has 2 heteroatoms. The van der Waals surface area contributed by atoms with Crippen molar-refractivity contribution in [3.63, 3.8) is 0 Å². The molecule has 2 nitrogen and oxygen atoms in total. The Kier molecular flexibility index (Phi) is 8.55. The predicted molar refractivity (Wildman–Crippen MR) is 236 cm³/mol. The van der Waals surface area contributed by atoms with E-state index in [1.807, 2.05) is 18.2 Å². The van der Waals surface area contributed by atoms with E-state index in [9.17, 15) is 0 Å². The van der Waals surface area contributed by atoms with Crippen LogP contribution < -0.4 is 4.90 Å². The van der Waals surface area contributed by atoms with Gasteiger partial charge in [-0.15, -0.1) is 0 Å². The average molecular weight is 716 g/mol. The van der Waals surface area contributed by atoms with Crippen molar-refractivity contribution in [2.75, 3.05) is 4.90 Å². The first-order valence-corrected chi connectivity index (χ1v) is 19.1. The summed E-state index contributed by atoms with van der Waals surface area (Å²) in [6.45, 7) is 0. The summed E-state index contributed by atoms with van der Waals surface area (Å²) in [4.78, 5) is 2.33. The van der Waals surface area contributed by atoms with Crippen LogP contribution in [0, 0.1) is 0 Å². The fraction of sp³-hybridized carbons (Fsp3) is 0. The second-order valence-corrected chi connectivity index (χ2v) is 14.2. The van der Waals surface area contributed by atoms with Crippen LogP contribution in [0.2, 0.25) is 0 Å². The van der Waals surface area contributed by atoms with Gasteiger partial charge in [0.05, 0.1) is 0 Å². The summed E-state index contributed by atoms with van der Waals surface area (Å²) in [6, 6.07) is 80.1. The number of anilines is 3. The summed E-state index contributed by atoms with van der Waals surface area (Å²) >= 11 is 0. The van der Waals surface area contributed by atoms with Crippen LogP contribution in [0.4, 0.5) is 17.1 Å². The fourth-order valence-corrected chi connectivity index (χ4v) is 7.66. The largest absolute Gasteiger partial charge is 0.456 e. The molecule has 0 atom stereocenters. The summed E-state index contributed by atoms with van der Waals surface area (Å²) in [7, 11) is 0. The monoisotopic (exact) mass is 715 g/mol. The highest BCUT2D eigenvalue weighted by Gasteiger charge is 2.14. The van der Waals surface area contributed by atoms with Gasteiger partial charge in [0.25, 0.3) is 0 Å². The van der Waals surface area contributed by atoms with Crippen LogP contribution in [0.3, 0.4) is 0 Å². The van der Waals surface area contributed by atoms with E-state index >= 15 is 0 Å². The molecule has 0 aliphatic heterocycles. The zero-order valence-corrected chi connectivity index (χ0v) is 30.7. The molecule has 0 fully saturated rings. The molecule has 264 valence electrons. The van der Waals surface area contributed by atoms with Gasteiger partial charge >= 0.3 is 0 Å². The number of nitrogens with zero attached hydrogens (tertiary/aromatic N) is 1. The van der Waals surface area contributed by atoms with E-state index in [2.05, 4.69) is 211 Å². The highest BCUT2D eigenvalue weighted by molar-refractivity contribution is 5.88. The minimum Gasteiger partial charge on any atom is -0.456 e. The number of rotatable bonds is 8. The molecule has 10 rings (SSSR count). The molecule has 0 radical (unpaired) electrons. The molecule has 1 aromatic heterocycles. The van der Waals surface area contributed by atoms with Gasteiger partial charge in [0.1, 0.15) is 11.3 Å². The maximum Gasteiger partial charge on any atom is 0.135 e. The number of fused-ring (bicyclic) bond motifs is 2. The van der Waals surface area contributed by atoms with Gasteiger partial charge in [-0.3, -0.25) is 0 Å². The third-order valence-electron chi connectivity index (χ3n) is 10.7. The molecule has 9 aromatic carbocycles. The molecule has 0 saturated heterocycles. The van der Waals surface area contributed by atoms with Crippen molar-refractivity contribution < 1.29 is 4.42 Å². The summed E-state index contributed by atoms with van der Waals surface area (Å²) in [5.74, 6) is 0.881. The molecule has 0 bridgehead atoms. The van der Waals surface area contributed by atoms with Crippen LogP contribution in [-0.2, 0) is 0 Å². The minimum atomic E-state index is 0.881. The number of hydrogen-bond acceptors (Lipinski definition) is 2. The lowest BCUT2D eigenvalue weighted by atomic mass is 9.98. The Labute approximate surface area is 327 Å². The lowest BCUT2D eigenvalue weighted by Crippen LogP contribution is -2.09. The first-order chi connectivity index (χ1) is 27.7. The van der Waals surface area contributed by atoms with Gasteiger partial charge in [-0.1, -0.05) is 170 Å². The maximum atomic E-state index is 6.12. The van der Waals surface area contributed by atoms with E-state index in [-0.39, 0.29) is 0 Å². The van der Waals surface area contributed by atoms with Crippen molar-refractivity contribution >= 4 is 38.8 Å². The third-order valence-corrected chi connectivity index (χ3v) is 10.7. The Bertz CT molecular complexity index is 2870. The van der Waals surface area contributed by atoms with Crippen molar-refractivity contribution in [1.29, 1.82) is 0 Å². The van der Waals surface area contributed by atoms with Crippen molar-refractivity contribution in [2.24, 2.45) is 0 Å². The Morgan fingerprint density at radius 3 is 1.14 bits per heavy atom. The van der Waals surface area contributed by atoms with Gasteiger partial charge < -0.3 is 9.32 Å². The van der Waals surface area contributed by atoms with Crippen LogP contribution in [-0.4, -0.2) is 0 Å². The van der Waals surface area contributed by atoms with Gasteiger partial charge in [-0.2, -0.15) is 0 Å². The predicted octanol–water partition coefficient (Wildman–Crippen LogP) is 15.4. The van der Waals surface area contributed by atoms with Crippen LogP contribution in [0.25, 0.3) is 77.6 Å². The zero-order valence-electron chi connectivity index (χ0n) is 30.7. The molecule has 1 heterocycles. The van der Waals surface area contributed by atoms with E-state index in [1.54, 1.807) is 0 Å². The molecule has 0 N–H and O–H groups in total. The summed E-state index contributed by atoms with van der Waals surface area (Å²) in [5.41, 5.74) is 14.8. The zero-order chi connectivity index (χ0) is 37.3. The molecular weight excluding hydrogens is 679 g/mol. The topological polar surface area (TPSA) is 16.4 Å². The Balaban J connectivity index is 0.939. The molecule has 56 heavy (non-hydrogen) atoms. The summed E-state index contributed by atoms with van der Waals surface area (Å²) in [6.07, 6.45) is 0. The highest BCUT2D eigenvalue weighted by Crippen LogP contribution is 2.38. The van der Waals surface area contributed by atoms with Crippen LogP contribution >= 0.6 is 0 Å². The van der Waals surface area contributed by atoms with Crippen molar-refractivity contribution in [3.05, 3.63) is 224 Å². The average Bonchev–Trinajstić information content (AvgIpc) is 3.72. The lowest BCUT2D eigenvalue weighted by molar-refractivity contribution is 0.631. The molecule has 0 spiro atoms. The van der Waals surface area contributed by atoms with E-state index < -0.39 is 0 Å². The summed E-state index contributed by atoms with van der Waals surface area (Å²) in [5, 5.41) is 3.63. The molecule has 0 unspecified atom stereocenters. The lowest BCUT2D eigenvalue weighted by Gasteiger charge is -2.26. The second kappa shape index (κ2) is 14.4. The standard InChI is InChI=1S/C54H37NO/c1-2-8-38(9-3-1)42-24-30-50(31-25-42)55(52-34-28-44(29-35-52)41-18-21-46(22-19-41)54-37-49-12-6-7-13-53(49)56-54)51-32-26-43(27-33-51)40-14-16-45(17-15-40)48-23-20-39-10-4-5-11-47(39)36-48/h1-37H. The molecule has 0 aliphatic carbocycles. The highest BCUT2D eigenvalue weighted by atomic mass is 16.3. The smallest absolute Gasteiger partial charge is 0.135 e. The molecule has 0 aliphatic rings. The van der Waals surface area contributed by atoms with E-state index in [0.717, 1.165) is 50.5 Å². The van der Waals surface area contributed by atoms with Gasteiger partial charge in [0.15, 0.2) is 0 Å². The number of furan rings is 1. The normalized spacial score (nSPS) is 11.2. The second-order valence-electron chi connectivity index (χ2n) is 14.2.